The van der Waals surface area contributed by atoms with E-state index in [1.807, 2.05) is 31.2 Å². The molecule has 1 N–H and O–H groups in total. The summed E-state index contributed by atoms with van der Waals surface area (Å²) in [5.74, 6) is 1.38. The average molecular weight is 402 g/mol. The number of halogens is 1. The predicted molar refractivity (Wildman–Crippen MR) is 112 cm³/mol. The van der Waals surface area contributed by atoms with Gasteiger partial charge in [-0.3, -0.25) is 4.79 Å². The molecular weight excluding hydrogens is 374 g/mol. The van der Waals surface area contributed by atoms with E-state index in [-0.39, 0.29) is 17.6 Å². The molecule has 0 spiro atoms. The van der Waals surface area contributed by atoms with Crippen molar-refractivity contribution in [3.63, 3.8) is 0 Å². The molecule has 1 aliphatic heterocycles. The Labute approximate surface area is 172 Å². The summed E-state index contributed by atoms with van der Waals surface area (Å²) in [7, 11) is 0. The summed E-state index contributed by atoms with van der Waals surface area (Å²) in [6.45, 7) is 6.21. The van der Waals surface area contributed by atoms with E-state index >= 15 is 0 Å². The summed E-state index contributed by atoms with van der Waals surface area (Å²) in [5.41, 5.74) is 0.764. The summed E-state index contributed by atoms with van der Waals surface area (Å²) in [6.07, 6.45) is 2.55. The summed E-state index contributed by atoms with van der Waals surface area (Å²) in [6, 6.07) is 14.9. The molecule has 0 radical (unpaired) electrons. The van der Waals surface area contributed by atoms with Crippen LogP contribution in [0.2, 0.25) is 5.02 Å². The van der Waals surface area contributed by atoms with Crippen molar-refractivity contribution in [1.29, 1.82) is 0 Å². The molecule has 1 aliphatic rings. The van der Waals surface area contributed by atoms with Crippen molar-refractivity contribution >= 4 is 17.5 Å². The van der Waals surface area contributed by atoms with E-state index in [1.54, 1.807) is 24.3 Å². The van der Waals surface area contributed by atoms with Gasteiger partial charge < -0.3 is 14.8 Å². The van der Waals surface area contributed by atoms with E-state index in [4.69, 9.17) is 21.1 Å². The number of benzene rings is 2. The molecule has 0 unspecified atom stereocenters. The molecule has 0 aliphatic carbocycles. The Hall–Kier alpha value is -2.20. The standard InChI is InChI=1S/C23H28ClNO3/c1-4-20(27-17-13-11-16(24)12-14-17)22(26)25-19-15-23(5-2,6-3)28-21-10-8-7-9-18(19)21/h7-14,19-20H,4-6,15H2,1-3H3,(H,25,26)/t19-,20+/m1/s1. The largest absolute Gasteiger partial charge is 0.487 e. The van der Waals surface area contributed by atoms with Crippen molar-refractivity contribution in [2.24, 2.45) is 0 Å². The lowest BCUT2D eigenvalue weighted by molar-refractivity contribution is -0.129. The molecule has 3 rings (SSSR count). The van der Waals surface area contributed by atoms with Crippen LogP contribution < -0.4 is 14.8 Å². The highest BCUT2D eigenvalue weighted by atomic mass is 35.5. The summed E-state index contributed by atoms with van der Waals surface area (Å²) in [5, 5.41) is 3.85. The Morgan fingerprint density at radius 2 is 1.86 bits per heavy atom. The fourth-order valence-corrected chi connectivity index (χ4v) is 3.82. The number of carbonyl (C=O) groups excluding carboxylic acids is 1. The number of fused-ring (bicyclic) bond motifs is 1. The number of ether oxygens (including phenoxy) is 2. The van der Waals surface area contributed by atoms with Gasteiger partial charge in [0.25, 0.3) is 5.91 Å². The van der Waals surface area contributed by atoms with E-state index in [0.717, 1.165) is 30.6 Å². The summed E-state index contributed by atoms with van der Waals surface area (Å²) >= 11 is 5.93. The molecule has 0 fully saturated rings. The van der Waals surface area contributed by atoms with Gasteiger partial charge in [-0.25, -0.2) is 0 Å². The first-order valence-electron chi connectivity index (χ1n) is 10.0. The van der Waals surface area contributed by atoms with Gasteiger partial charge in [0.05, 0.1) is 6.04 Å². The van der Waals surface area contributed by atoms with E-state index in [2.05, 4.69) is 19.2 Å². The number of amides is 1. The van der Waals surface area contributed by atoms with E-state index < -0.39 is 6.10 Å². The second-order valence-electron chi connectivity index (χ2n) is 7.26. The van der Waals surface area contributed by atoms with Crippen molar-refractivity contribution < 1.29 is 14.3 Å². The minimum absolute atomic E-state index is 0.0970. The van der Waals surface area contributed by atoms with Crippen molar-refractivity contribution in [3.8, 4) is 11.5 Å². The third-order valence-electron chi connectivity index (χ3n) is 5.56. The van der Waals surface area contributed by atoms with Gasteiger partial charge in [-0.05, 0) is 49.6 Å². The minimum Gasteiger partial charge on any atom is -0.487 e. The Morgan fingerprint density at radius 1 is 1.18 bits per heavy atom. The molecule has 150 valence electrons. The molecule has 28 heavy (non-hydrogen) atoms. The number of hydrogen-bond acceptors (Lipinski definition) is 3. The first-order valence-corrected chi connectivity index (χ1v) is 10.4. The zero-order valence-corrected chi connectivity index (χ0v) is 17.5. The fourth-order valence-electron chi connectivity index (χ4n) is 3.69. The van der Waals surface area contributed by atoms with Crippen LogP contribution in [0.1, 0.15) is 58.1 Å². The molecule has 1 amide bonds. The van der Waals surface area contributed by atoms with Gasteiger partial charge >= 0.3 is 0 Å². The zero-order chi connectivity index (χ0) is 20.1. The first kappa shape index (κ1) is 20.5. The van der Waals surface area contributed by atoms with Gasteiger partial charge in [0.15, 0.2) is 6.10 Å². The fraction of sp³-hybridized carbons (Fsp3) is 0.435. The molecule has 2 aromatic carbocycles. The van der Waals surface area contributed by atoms with Gasteiger partial charge in [-0.2, -0.15) is 0 Å². The van der Waals surface area contributed by atoms with Crippen LogP contribution in [0, 0.1) is 0 Å². The van der Waals surface area contributed by atoms with Crippen molar-refractivity contribution in [2.75, 3.05) is 0 Å². The van der Waals surface area contributed by atoms with Crippen LogP contribution in [0.3, 0.4) is 0 Å². The Bertz CT molecular complexity index is 802. The highest BCUT2D eigenvalue weighted by molar-refractivity contribution is 6.30. The molecule has 0 bridgehead atoms. The molecule has 0 saturated heterocycles. The Kier molecular flexibility index (Phi) is 6.50. The van der Waals surface area contributed by atoms with E-state index in [1.165, 1.54) is 0 Å². The Balaban J connectivity index is 1.78. The third-order valence-corrected chi connectivity index (χ3v) is 5.81. The SMILES string of the molecule is CC[C@H](Oc1ccc(Cl)cc1)C(=O)N[C@@H]1CC(CC)(CC)Oc2ccccc21. The lowest BCUT2D eigenvalue weighted by Crippen LogP contribution is -2.47. The molecule has 1 heterocycles. The highest BCUT2D eigenvalue weighted by Crippen LogP contribution is 2.42. The van der Waals surface area contributed by atoms with Crippen LogP contribution in [-0.4, -0.2) is 17.6 Å². The predicted octanol–water partition coefficient (Wildman–Crippen LogP) is 5.70. The normalized spacial score (nSPS) is 18.5. The van der Waals surface area contributed by atoms with Gasteiger partial charge in [0, 0.05) is 17.0 Å². The van der Waals surface area contributed by atoms with Gasteiger partial charge in [-0.1, -0.05) is 50.6 Å². The van der Waals surface area contributed by atoms with Gasteiger partial charge in [0.1, 0.15) is 17.1 Å². The van der Waals surface area contributed by atoms with Crippen molar-refractivity contribution in [1.82, 2.24) is 5.32 Å². The van der Waals surface area contributed by atoms with Crippen LogP contribution in [0.5, 0.6) is 11.5 Å². The molecule has 2 atom stereocenters. The van der Waals surface area contributed by atoms with Crippen LogP contribution in [0.25, 0.3) is 0 Å². The minimum atomic E-state index is -0.561. The molecule has 2 aromatic rings. The van der Waals surface area contributed by atoms with Crippen LogP contribution >= 0.6 is 11.6 Å². The second kappa shape index (κ2) is 8.87. The number of hydrogen-bond donors (Lipinski definition) is 1. The monoisotopic (exact) mass is 401 g/mol. The maximum absolute atomic E-state index is 13.0. The number of carbonyl (C=O) groups is 1. The quantitative estimate of drug-likeness (QED) is 0.647. The van der Waals surface area contributed by atoms with Crippen LogP contribution in [-0.2, 0) is 4.79 Å². The molecule has 5 heteroatoms. The van der Waals surface area contributed by atoms with Crippen LogP contribution in [0.15, 0.2) is 48.5 Å². The molecular formula is C23H28ClNO3. The van der Waals surface area contributed by atoms with E-state index in [0.29, 0.717) is 17.2 Å². The highest BCUT2D eigenvalue weighted by Gasteiger charge is 2.39. The number of nitrogens with one attached hydrogen (secondary N) is 1. The molecule has 0 saturated carbocycles. The van der Waals surface area contributed by atoms with E-state index in [9.17, 15) is 4.79 Å². The summed E-state index contributed by atoms with van der Waals surface area (Å²) in [4.78, 5) is 13.0. The smallest absolute Gasteiger partial charge is 0.261 e. The average Bonchev–Trinajstić information content (AvgIpc) is 2.73. The molecule has 0 aromatic heterocycles. The van der Waals surface area contributed by atoms with Crippen LogP contribution in [0.4, 0.5) is 0 Å². The lowest BCUT2D eigenvalue weighted by atomic mass is 9.83. The first-order chi connectivity index (χ1) is 13.5. The zero-order valence-electron chi connectivity index (χ0n) is 16.7. The summed E-state index contributed by atoms with van der Waals surface area (Å²) < 4.78 is 12.2. The maximum atomic E-state index is 13.0. The Morgan fingerprint density at radius 3 is 2.50 bits per heavy atom. The lowest BCUT2D eigenvalue weighted by Gasteiger charge is -2.42. The van der Waals surface area contributed by atoms with Crippen molar-refractivity contribution in [2.45, 2.75) is 64.2 Å². The van der Waals surface area contributed by atoms with Gasteiger partial charge in [-0.15, -0.1) is 0 Å². The topological polar surface area (TPSA) is 47.6 Å². The molecule has 4 nitrogen and oxygen atoms in total. The second-order valence-corrected chi connectivity index (χ2v) is 7.70. The number of para-hydroxylation sites is 1. The number of rotatable bonds is 7. The maximum Gasteiger partial charge on any atom is 0.261 e. The van der Waals surface area contributed by atoms with Crippen molar-refractivity contribution in [3.05, 3.63) is 59.1 Å². The third kappa shape index (κ3) is 4.44. The van der Waals surface area contributed by atoms with Gasteiger partial charge in [0.2, 0.25) is 0 Å².